The van der Waals surface area contributed by atoms with Gasteiger partial charge in [-0.25, -0.2) is 0 Å². The average Bonchev–Trinajstić information content (AvgIpc) is 2.10. The molecule has 14 heavy (non-hydrogen) atoms. The van der Waals surface area contributed by atoms with Gasteiger partial charge >= 0.3 is 0 Å². The van der Waals surface area contributed by atoms with Crippen LogP contribution in [0.3, 0.4) is 0 Å². The van der Waals surface area contributed by atoms with E-state index < -0.39 is 0 Å². The Morgan fingerprint density at radius 1 is 1.29 bits per heavy atom. The third-order valence-corrected chi connectivity index (χ3v) is 2.35. The van der Waals surface area contributed by atoms with Crippen LogP contribution in [0.5, 0.6) is 0 Å². The topological polar surface area (TPSA) is 3.24 Å². The second kappa shape index (κ2) is 6.69. The SMILES string of the molecule is C/C=C\C(=C(\CCC)C(C)C)N(C)C. The Morgan fingerprint density at radius 2 is 1.86 bits per heavy atom. The summed E-state index contributed by atoms with van der Waals surface area (Å²) in [6, 6.07) is 0. The zero-order chi connectivity index (χ0) is 11.1. The predicted octanol–water partition coefficient (Wildman–Crippen LogP) is 3.83. The maximum Gasteiger partial charge on any atom is 0.0352 e. The first-order chi connectivity index (χ1) is 6.54. The highest BCUT2D eigenvalue weighted by molar-refractivity contribution is 5.25. The molecule has 1 nitrogen and oxygen atoms in total. The molecule has 0 saturated carbocycles. The van der Waals surface area contributed by atoms with Crippen LogP contribution in [0.1, 0.15) is 40.5 Å². The molecule has 82 valence electrons. The summed E-state index contributed by atoms with van der Waals surface area (Å²) in [5, 5.41) is 0. The van der Waals surface area contributed by atoms with E-state index in [1.807, 2.05) is 0 Å². The molecule has 0 atom stereocenters. The van der Waals surface area contributed by atoms with Crippen molar-refractivity contribution in [2.45, 2.75) is 40.5 Å². The molecule has 0 fully saturated rings. The molecule has 0 aliphatic heterocycles. The number of nitrogens with zero attached hydrogens (tertiary/aromatic N) is 1. The third-order valence-electron chi connectivity index (χ3n) is 2.35. The van der Waals surface area contributed by atoms with Gasteiger partial charge in [-0.2, -0.15) is 0 Å². The van der Waals surface area contributed by atoms with E-state index in [0.717, 1.165) is 0 Å². The first-order valence-electron chi connectivity index (χ1n) is 5.57. The van der Waals surface area contributed by atoms with Crippen molar-refractivity contribution in [2.75, 3.05) is 14.1 Å². The van der Waals surface area contributed by atoms with Crippen molar-refractivity contribution < 1.29 is 0 Å². The molecule has 0 saturated heterocycles. The molecule has 0 N–H and O–H groups in total. The van der Waals surface area contributed by atoms with Gasteiger partial charge in [0.25, 0.3) is 0 Å². The van der Waals surface area contributed by atoms with E-state index >= 15 is 0 Å². The quantitative estimate of drug-likeness (QED) is 0.603. The highest BCUT2D eigenvalue weighted by atomic mass is 15.1. The van der Waals surface area contributed by atoms with E-state index in [4.69, 9.17) is 0 Å². The molecule has 0 aliphatic rings. The fourth-order valence-corrected chi connectivity index (χ4v) is 1.68. The van der Waals surface area contributed by atoms with E-state index in [2.05, 4.69) is 58.8 Å². The lowest BCUT2D eigenvalue weighted by Crippen LogP contribution is -2.14. The summed E-state index contributed by atoms with van der Waals surface area (Å²) in [6.45, 7) is 8.87. The summed E-state index contributed by atoms with van der Waals surface area (Å²) in [4.78, 5) is 2.21. The van der Waals surface area contributed by atoms with E-state index in [1.165, 1.54) is 18.5 Å². The van der Waals surface area contributed by atoms with Crippen LogP contribution >= 0.6 is 0 Å². The molecular weight excluding hydrogens is 170 g/mol. The Labute approximate surface area is 89.5 Å². The number of hydrogen-bond donors (Lipinski definition) is 0. The fraction of sp³-hybridized carbons (Fsp3) is 0.692. The monoisotopic (exact) mass is 195 g/mol. The summed E-state index contributed by atoms with van der Waals surface area (Å²) in [6.07, 6.45) is 6.76. The second-order valence-corrected chi connectivity index (χ2v) is 4.21. The van der Waals surface area contributed by atoms with E-state index in [9.17, 15) is 0 Å². The molecule has 0 aromatic carbocycles. The molecule has 1 heteroatoms. The van der Waals surface area contributed by atoms with Crippen molar-refractivity contribution in [1.82, 2.24) is 4.90 Å². The highest BCUT2D eigenvalue weighted by Crippen LogP contribution is 2.22. The van der Waals surface area contributed by atoms with E-state index in [-0.39, 0.29) is 0 Å². The standard InChI is InChI=1S/C13H25N/c1-7-9-12(11(3)4)13(10-8-2)14(5)6/h8,10-11H,7,9H2,1-6H3/b10-8-,13-12+. The van der Waals surface area contributed by atoms with Crippen molar-refractivity contribution in [3.8, 4) is 0 Å². The van der Waals surface area contributed by atoms with Gasteiger partial charge in [0, 0.05) is 19.8 Å². The maximum absolute atomic E-state index is 2.28. The van der Waals surface area contributed by atoms with Gasteiger partial charge < -0.3 is 4.90 Å². The van der Waals surface area contributed by atoms with Crippen LogP contribution in [0.25, 0.3) is 0 Å². The van der Waals surface area contributed by atoms with Crippen molar-refractivity contribution in [2.24, 2.45) is 5.92 Å². The molecule has 0 bridgehead atoms. The molecule has 0 heterocycles. The number of likely N-dealkylation sites (N-methyl/N-ethyl adjacent to an activating group) is 1. The minimum atomic E-state index is 0.642. The van der Waals surface area contributed by atoms with Crippen LogP contribution in [-0.4, -0.2) is 19.0 Å². The summed E-state index contributed by atoms with van der Waals surface area (Å²) in [5.41, 5.74) is 2.94. The summed E-state index contributed by atoms with van der Waals surface area (Å²) in [7, 11) is 4.24. The van der Waals surface area contributed by atoms with Crippen LogP contribution in [0.2, 0.25) is 0 Å². The maximum atomic E-state index is 2.28. The normalized spacial score (nSPS) is 13.6. The summed E-state index contributed by atoms with van der Waals surface area (Å²) in [5.74, 6) is 0.642. The Hall–Kier alpha value is -0.720. The predicted molar refractivity (Wildman–Crippen MR) is 65.3 cm³/mol. The van der Waals surface area contributed by atoms with Gasteiger partial charge in [-0.3, -0.25) is 0 Å². The lowest BCUT2D eigenvalue weighted by molar-refractivity contribution is 0.503. The average molecular weight is 195 g/mol. The summed E-state index contributed by atoms with van der Waals surface area (Å²) < 4.78 is 0. The van der Waals surface area contributed by atoms with Crippen molar-refractivity contribution in [3.05, 3.63) is 23.4 Å². The van der Waals surface area contributed by atoms with Crippen LogP contribution < -0.4 is 0 Å². The van der Waals surface area contributed by atoms with Gasteiger partial charge in [-0.1, -0.05) is 33.3 Å². The third kappa shape index (κ3) is 3.99. The second-order valence-electron chi connectivity index (χ2n) is 4.21. The molecule has 0 aromatic heterocycles. The zero-order valence-electron chi connectivity index (χ0n) is 10.6. The lowest BCUT2D eigenvalue weighted by Gasteiger charge is -2.22. The van der Waals surface area contributed by atoms with Gasteiger partial charge in [0.2, 0.25) is 0 Å². The Morgan fingerprint density at radius 3 is 2.14 bits per heavy atom. The molecule has 0 unspecified atom stereocenters. The molecule has 0 spiro atoms. The van der Waals surface area contributed by atoms with Crippen LogP contribution in [0.4, 0.5) is 0 Å². The van der Waals surface area contributed by atoms with Gasteiger partial charge in [0.15, 0.2) is 0 Å². The highest BCUT2D eigenvalue weighted by Gasteiger charge is 2.09. The number of hydrogen-bond acceptors (Lipinski definition) is 1. The van der Waals surface area contributed by atoms with Gasteiger partial charge in [0.1, 0.15) is 0 Å². The van der Waals surface area contributed by atoms with Gasteiger partial charge in [0.05, 0.1) is 0 Å². The Bertz CT molecular complexity index is 209. The zero-order valence-corrected chi connectivity index (χ0v) is 10.6. The molecule has 0 amide bonds. The Kier molecular flexibility index (Phi) is 6.35. The van der Waals surface area contributed by atoms with E-state index in [1.54, 1.807) is 5.57 Å². The van der Waals surface area contributed by atoms with Gasteiger partial charge in [-0.05, 0) is 30.9 Å². The van der Waals surface area contributed by atoms with Crippen LogP contribution in [-0.2, 0) is 0 Å². The molecule has 0 aliphatic carbocycles. The van der Waals surface area contributed by atoms with Crippen molar-refractivity contribution in [1.29, 1.82) is 0 Å². The molecule has 0 aromatic rings. The summed E-state index contributed by atoms with van der Waals surface area (Å²) >= 11 is 0. The van der Waals surface area contributed by atoms with Crippen molar-refractivity contribution in [3.63, 3.8) is 0 Å². The number of allylic oxidation sites excluding steroid dienone is 3. The minimum Gasteiger partial charge on any atom is -0.378 e. The lowest BCUT2D eigenvalue weighted by atomic mass is 9.95. The van der Waals surface area contributed by atoms with Gasteiger partial charge in [-0.15, -0.1) is 0 Å². The first-order valence-corrected chi connectivity index (χ1v) is 5.57. The molecule has 0 rings (SSSR count). The smallest absolute Gasteiger partial charge is 0.0352 e. The first kappa shape index (κ1) is 13.3. The molecule has 0 radical (unpaired) electrons. The number of rotatable bonds is 5. The fourth-order valence-electron chi connectivity index (χ4n) is 1.68. The minimum absolute atomic E-state index is 0.642. The van der Waals surface area contributed by atoms with Crippen LogP contribution in [0, 0.1) is 5.92 Å². The van der Waals surface area contributed by atoms with Crippen LogP contribution in [0.15, 0.2) is 23.4 Å². The van der Waals surface area contributed by atoms with Crippen molar-refractivity contribution >= 4 is 0 Å². The molecular formula is C13H25N. The Balaban J connectivity index is 5.03. The van der Waals surface area contributed by atoms with E-state index in [0.29, 0.717) is 5.92 Å². The largest absolute Gasteiger partial charge is 0.378 e.